The summed E-state index contributed by atoms with van der Waals surface area (Å²) in [6.45, 7) is 6.88. The minimum absolute atomic E-state index is 0.00292. The van der Waals surface area contributed by atoms with Crippen molar-refractivity contribution in [2.75, 3.05) is 19.6 Å². The van der Waals surface area contributed by atoms with Crippen molar-refractivity contribution in [1.29, 1.82) is 0 Å². The third-order valence-corrected chi connectivity index (χ3v) is 4.24. The smallest absolute Gasteiger partial charge is 0.292 e. The number of aryl methyl sites for hydroxylation is 1. The average Bonchev–Trinajstić information content (AvgIpc) is 3.01. The number of amides is 1. The van der Waals surface area contributed by atoms with Crippen LogP contribution in [0, 0.1) is 18.8 Å². The second kappa shape index (κ2) is 4.39. The molecule has 98 valence electrons. The first-order valence-corrected chi connectivity index (χ1v) is 6.65. The molecule has 0 saturated carbocycles. The molecule has 5 nitrogen and oxygen atoms in total. The van der Waals surface area contributed by atoms with E-state index in [-0.39, 0.29) is 5.91 Å². The van der Waals surface area contributed by atoms with Gasteiger partial charge in [0.2, 0.25) is 5.76 Å². The van der Waals surface area contributed by atoms with Crippen molar-refractivity contribution in [2.24, 2.45) is 11.8 Å². The largest absolute Gasteiger partial charge is 0.351 e. The molecule has 0 aliphatic carbocycles. The number of aromatic nitrogens is 1. The first-order valence-electron chi connectivity index (χ1n) is 6.65. The molecule has 3 rings (SSSR count). The monoisotopic (exact) mass is 249 g/mol. The lowest BCUT2D eigenvalue weighted by molar-refractivity contribution is 0.0669. The van der Waals surface area contributed by atoms with Crippen molar-refractivity contribution in [2.45, 2.75) is 26.3 Å². The van der Waals surface area contributed by atoms with E-state index in [4.69, 9.17) is 4.52 Å². The van der Waals surface area contributed by atoms with Gasteiger partial charge in [-0.1, -0.05) is 12.1 Å². The van der Waals surface area contributed by atoms with Gasteiger partial charge in [-0.15, -0.1) is 0 Å². The summed E-state index contributed by atoms with van der Waals surface area (Å²) in [6.07, 6.45) is 1.00. The fourth-order valence-electron chi connectivity index (χ4n) is 3.39. The highest BCUT2D eigenvalue weighted by Crippen LogP contribution is 2.35. The molecule has 5 heteroatoms. The zero-order valence-electron chi connectivity index (χ0n) is 10.8. The van der Waals surface area contributed by atoms with E-state index in [9.17, 15) is 4.79 Å². The fourth-order valence-corrected chi connectivity index (χ4v) is 3.39. The van der Waals surface area contributed by atoms with Crippen molar-refractivity contribution in [1.82, 2.24) is 15.4 Å². The molecule has 0 spiro atoms. The van der Waals surface area contributed by atoms with E-state index in [1.165, 1.54) is 0 Å². The summed E-state index contributed by atoms with van der Waals surface area (Å²) in [5.41, 5.74) is 0.757. The van der Waals surface area contributed by atoms with Gasteiger partial charge in [0.15, 0.2) is 0 Å². The van der Waals surface area contributed by atoms with Gasteiger partial charge in [0.05, 0.1) is 5.69 Å². The predicted octanol–water partition coefficient (Wildman–Crippen LogP) is 1.05. The number of fused-ring (bicyclic) bond motifs is 1. The number of rotatable bonds is 2. The molecule has 1 amide bonds. The summed E-state index contributed by atoms with van der Waals surface area (Å²) in [7, 11) is 0. The zero-order chi connectivity index (χ0) is 12.7. The fraction of sp³-hybridized carbons (Fsp3) is 0.692. The highest BCUT2D eigenvalue weighted by molar-refractivity contribution is 5.92. The third-order valence-electron chi connectivity index (χ3n) is 4.24. The molecular formula is C13H19N3O2. The molecule has 0 bridgehead atoms. The quantitative estimate of drug-likeness (QED) is 0.851. The Morgan fingerprint density at radius 2 is 2.44 bits per heavy atom. The second-order valence-corrected chi connectivity index (χ2v) is 5.35. The molecule has 0 radical (unpaired) electrons. The van der Waals surface area contributed by atoms with Gasteiger partial charge in [-0.05, 0) is 25.2 Å². The lowest BCUT2D eigenvalue weighted by atomic mass is 9.93. The average molecular weight is 249 g/mol. The summed E-state index contributed by atoms with van der Waals surface area (Å²) in [4.78, 5) is 14.4. The van der Waals surface area contributed by atoms with E-state index in [1.54, 1.807) is 6.07 Å². The number of hydrogen-bond donors (Lipinski definition) is 1. The molecule has 2 fully saturated rings. The summed E-state index contributed by atoms with van der Waals surface area (Å²) in [5, 5.41) is 7.22. The molecule has 0 aromatic carbocycles. The number of nitrogens with one attached hydrogen (secondary N) is 1. The second-order valence-electron chi connectivity index (χ2n) is 5.35. The highest BCUT2D eigenvalue weighted by Gasteiger charge is 2.45. The molecule has 3 atom stereocenters. The Labute approximate surface area is 107 Å². The van der Waals surface area contributed by atoms with Crippen LogP contribution >= 0.6 is 0 Å². The lowest BCUT2D eigenvalue weighted by Gasteiger charge is -2.25. The Hall–Kier alpha value is -1.36. The Balaban J connectivity index is 1.81. The number of carbonyl (C=O) groups is 1. The van der Waals surface area contributed by atoms with Crippen LogP contribution in [0.1, 0.15) is 29.6 Å². The Morgan fingerprint density at radius 1 is 1.61 bits per heavy atom. The van der Waals surface area contributed by atoms with Crippen molar-refractivity contribution < 1.29 is 9.32 Å². The van der Waals surface area contributed by atoms with Gasteiger partial charge in [0.1, 0.15) is 0 Å². The summed E-state index contributed by atoms with van der Waals surface area (Å²) < 4.78 is 5.10. The van der Waals surface area contributed by atoms with E-state index in [1.807, 2.05) is 11.8 Å². The molecule has 1 aromatic heterocycles. The van der Waals surface area contributed by atoms with Crippen LogP contribution in [-0.4, -0.2) is 41.6 Å². The van der Waals surface area contributed by atoms with Crippen molar-refractivity contribution in [3.63, 3.8) is 0 Å². The van der Waals surface area contributed by atoms with Gasteiger partial charge < -0.3 is 14.7 Å². The van der Waals surface area contributed by atoms with E-state index in [2.05, 4.69) is 17.4 Å². The summed E-state index contributed by atoms with van der Waals surface area (Å²) in [6, 6.07) is 2.06. The van der Waals surface area contributed by atoms with Crippen LogP contribution in [0.25, 0.3) is 0 Å². The van der Waals surface area contributed by atoms with Crippen molar-refractivity contribution in [3.8, 4) is 0 Å². The normalized spacial score (nSPS) is 30.8. The van der Waals surface area contributed by atoms with Gasteiger partial charge in [-0.25, -0.2) is 0 Å². The molecule has 2 aliphatic rings. The van der Waals surface area contributed by atoms with Gasteiger partial charge >= 0.3 is 0 Å². The molecule has 3 unspecified atom stereocenters. The molecular weight excluding hydrogens is 230 g/mol. The molecule has 3 heterocycles. The Kier molecular flexibility index (Phi) is 2.86. The van der Waals surface area contributed by atoms with E-state index >= 15 is 0 Å². The molecule has 2 aliphatic heterocycles. The Morgan fingerprint density at radius 3 is 3.11 bits per heavy atom. The van der Waals surface area contributed by atoms with Crippen LogP contribution < -0.4 is 5.32 Å². The molecule has 1 N–H and O–H groups in total. The van der Waals surface area contributed by atoms with Gasteiger partial charge in [0.25, 0.3) is 5.91 Å². The first kappa shape index (κ1) is 11.7. The van der Waals surface area contributed by atoms with Gasteiger partial charge in [-0.2, -0.15) is 0 Å². The molecule has 18 heavy (non-hydrogen) atoms. The highest BCUT2D eigenvalue weighted by atomic mass is 16.5. The molecule has 2 saturated heterocycles. The maximum absolute atomic E-state index is 12.4. The van der Waals surface area contributed by atoms with Crippen LogP contribution in [0.5, 0.6) is 0 Å². The minimum Gasteiger partial charge on any atom is -0.351 e. The van der Waals surface area contributed by atoms with Crippen LogP contribution in [-0.2, 0) is 0 Å². The summed E-state index contributed by atoms with van der Waals surface area (Å²) >= 11 is 0. The van der Waals surface area contributed by atoms with Crippen LogP contribution in [0.15, 0.2) is 10.6 Å². The number of hydrogen-bond acceptors (Lipinski definition) is 4. The van der Waals surface area contributed by atoms with Crippen LogP contribution in [0.4, 0.5) is 0 Å². The van der Waals surface area contributed by atoms with E-state index < -0.39 is 0 Å². The van der Waals surface area contributed by atoms with Crippen molar-refractivity contribution in [3.05, 3.63) is 17.5 Å². The predicted molar refractivity (Wildman–Crippen MR) is 66.2 cm³/mol. The van der Waals surface area contributed by atoms with Crippen LogP contribution in [0.2, 0.25) is 0 Å². The van der Waals surface area contributed by atoms with Crippen molar-refractivity contribution >= 4 is 5.91 Å². The maximum atomic E-state index is 12.4. The number of nitrogens with zero attached hydrogens (tertiary/aromatic N) is 2. The summed E-state index contributed by atoms with van der Waals surface area (Å²) in [5.74, 6) is 1.57. The maximum Gasteiger partial charge on any atom is 0.292 e. The molecule has 1 aromatic rings. The standard InChI is InChI=1S/C13H19N3O2/c1-3-11-10-6-14-5-9(10)7-16(11)13(17)12-4-8(2)15-18-12/h4,9-11,14H,3,5-7H2,1-2H3. The van der Waals surface area contributed by atoms with Gasteiger partial charge in [-0.3, -0.25) is 4.79 Å². The number of carbonyl (C=O) groups excluding carboxylic acids is 1. The SMILES string of the molecule is CCC1C2CNCC2CN1C(=O)c1cc(C)no1. The number of likely N-dealkylation sites (tertiary alicyclic amines) is 1. The van der Waals surface area contributed by atoms with Gasteiger partial charge in [0, 0.05) is 31.7 Å². The lowest BCUT2D eigenvalue weighted by Crippen LogP contribution is -2.39. The zero-order valence-corrected chi connectivity index (χ0v) is 10.8. The van der Waals surface area contributed by atoms with Crippen LogP contribution in [0.3, 0.4) is 0 Å². The minimum atomic E-state index is -0.00292. The topological polar surface area (TPSA) is 58.4 Å². The Bertz CT molecular complexity index is 457. The third kappa shape index (κ3) is 1.73. The van der Waals surface area contributed by atoms with E-state index in [0.717, 1.165) is 31.7 Å². The first-order chi connectivity index (χ1) is 8.70. The van der Waals surface area contributed by atoms with E-state index in [0.29, 0.717) is 23.6 Å².